The number of nitrogens with zero attached hydrogens (tertiary/aromatic N) is 1. The minimum Gasteiger partial charge on any atom is -0.345 e. The second kappa shape index (κ2) is 2.91. The van der Waals surface area contributed by atoms with Gasteiger partial charge in [-0.2, -0.15) is 0 Å². The zero-order valence-corrected chi connectivity index (χ0v) is 7.31. The normalized spacial score (nSPS) is 10.5. The number of aryl methyl sites for hydroxylation is 1. The quantitative estimate of drug-likeness (QED) is 0.689. The summed E-state index contributed by atoms with van der Waals surface area (Å²) in [5, 5.41) is 0. The van der Waals surface area contributed by atoms with E-state index in [1.54, 1.807) is 6.08 Å². The minimum absolute atomic E-state index is 0.461. The highest BCUT2D eigenvalue weighted by Crippen LogP contribution is 2.13. The maximum Gasteiger partial charge on any atom is 0.109 e. The van der Waals surface area contributed by atoms with E-state index in [4.69, 9.17) is 0 Å². The van der Waals surface area contributed by atoms with Crippen LogP contribution in [0.15, 0.2) is 6.58 Å². The summed E-state index contributed by atoms with van der Waals surface area (Å²) in [4.78, 5) is 7.57. The molecule has 0 aliphatic heterocycles. The Morgan fingerprint density at radius 1 is 1.55 bits per heavy atom. The van der Waals surface area contributed by atoms with Crippen molar-refractivity contribution in [3.8, 4) is 0 Å². The molecule has 0 aliphatic rings. The van der Waals surface area contributed by atoms with E-state index in [0.717, 1.165) is 17.2 Å². The van der Waals surface area contributed by atoms with E-state index in [9.17, 15) is 0 Å². The molecule has 1 aromatic heterocycles. The highest BCUT2D eigenvalue weighted by molar-refractivity contribution is 5.44. The van der Waals surface area contributed by atoms with E-state index in [2.05, 4.69) is 30.4 Å². The number of H-pyrrole nitrogens is 1. The molecule has 0 saturated carbocycles. The lowest BCUT2D eigenvalue weighted by Gasteiger charge is -1.96. The summed E-state index contributed by atoms with van der Waals surface area (Å²) in [6, 6.07) is 0. The number of nitrogens with one attached hydrogen (secondary N) is 1. The van der Waals surface area contributed by atoms with E-state index in [1.165, 1.54) is 0 Å². The summed E-state index contributed by atoms with van der Waals surface area (Å²) in [5.74, 6) is 1.50. The molecule has 0 fully saturated rings. The number of hydrogen-bond donors (Lipinski definition) is 1. The molecule has 0 aliphatic carbocycles. The van der Waals surface area contributed by atoms with Crippen molar-refractivity contribution in [3.63, 3.8) is 0 Å². The van der Waals surface area contributed by atoms with Gasteiger partial charge >= 0.3 is 0 Å². The Labute approximate surface area is 67.4 Å². The molecule has 1 rings (SSSR count). The minimum atomic E-state index is 0.461. The van der Waals surface area contributed by atoms with Crippen LogP contribution in [0.2, 0.25) is 0 Å². The molecule has 0 spiro atoms. The Morgan fingerprint density at radius 3 is 2.45 bits per heavy atom. The summed E-state index contributed by atoms with van der Waals surface area (Å²) in [6.45, 7) is 9.92. The van der Waals surface area contributed by atoms with E-state index >= 15 is 0 Å². The maximum atomic E-state index is 4.35. The van der Waals surface area contributed by atoms with Crippen molar-refractivity contribution in [2.45, 2.75) is 26.7 Å². The Morgan fingerprint density at radius 2 is 2.18 bits per heavy atom. The number of aromatic nitrogens is 2. The fourth-order valence-corrected chi connectivity index (χ4v) is 0.970. The van der Waals surface area contributed by atoms with Crippen molar-refractivity contribution in [1.29, 1.82) is 0 Å². The SMILES string of the molecule is C=Cc1nc(C(C)C)[nH]c1C. The van der Waals surface area contributed by atoms with Crippen LogP contribution in [0.1, 0.15) is 37.0 Å². The van der Waals surface area contributed by atoms with Crippen LogP contribution < -0.4 is 0 Å². The largest absolute Gasteiger partial charge is 0.345 e. The lowest BCUT2D eigenvalue weighted by molar-refractivity contribution is 0.791. The van der Waals surface area contributed by atoms with Gasteiger partial charge in [-0.15, -0.1) is 0 Å². The van der Waals surface area contributed by atoms with Crippen LogP contribution >= 0.6 is 0 Å². The fourth-order valence-electron chi connectivity index (χ4n) is 0.970. The van der Waals surface area contributed by atoms with Crippen molar-refractivity contribution < 1.29 is 0 Å². The van der Waals surface area contributed by atoms with Crippen molar-refractivity contribution in [2.24, 2.45) is 0 Å². The molecular weight excluding hydrogens is 136 g/mol. The molecule has 0 saturated heterocycles. The summed E-state index contributed by atoms with van der Waals surface area (Å²) in [6.07, 6.45) is 1.78. The molecule has 60 valence electrons. The molecule has 0 radical (unpaired) electrons. The summed E-state index contributed by atoms with van der Waals surface area (Å²) in [5.41, 5.74) is 2.07. The van der Waals surface area contributed by atoms with Gasteiger partial charge in [0.15, 0.2) is 0 Å². The second-order valence-electron chi connectivity index (χ2n) is 2.99. The van der Waals surface area contributed by atoms with Gasteiger partial charge in [0, 0.05) is 11.6 Å². The van der Waals surface area contributed by atoms with E-state index in [1.807, 2.05) is 6.92 Å². The first kappa shape index (κ1) is 8.05. The second-order valence-corrected chi connectivity index (χ2v) is 2.99. The average Bonchev–Trinajstić information content (AvgIpc) is 2.31. The Bertz CT molecular complexity index is 259. The standard InChI is InChI=1S/C9H14N2/c1-5-8-7(4)10-9(11-8)6(2)3/h5-6H,1H2,2-4H3,(H,10,11). The van der Waals surface area contributed by atoms with Gasteiger partial charge < -0.3 is 4.98 Å². The summed E-state index contributed by atoms with van der Waals surface area (Å²) < 4.78 is 0. The van der Waals surface area contributed by atoms with Gasteiger partial charge in [-0.3, -0.25) is 0 Å². The number of imidazole rings is 1. The number of rotatable bonds is 2. The van der Waals surface area contributed by atoms with Crippen LogP contribution in [0.4, 0.5) is 0 Å². The molecule has 0 aromatic carbocycles. The molecule has 2 heteroatoms. The number of hydrogen-bond acceptors (Lipinski definition) is 1. The van der Waals surface area contributed by atoms with Crippen LogP contribution in [0.5, 0.6) is 0 Å². The van der Waals surface area contributed by atoms with Crippen LogP contribution in [-0.2, 0) is 0 Å². The molecule has 0 atom stereocenters. The van der Waals surface area contributed by atoms with Crippen molar-refractivity contribution in [3.05, 3.63) is 23.8 Å². The molecule has 11 heavy (non-hydrogen) atoms. The monoisotopic (exact) mass is 150 g/mol. The third kappa shape index (κ3) is 1.50. The summed E-state index contributed by atoms with van der Waals surface area (Å²) in [7, 11) is 0. The molecule has 1 aromatic rings. The van der Waals surface area contributed by atoms with Crippen molar-refractivity contribution in [2.75, 3.05) is 0 Å². The van der Waals surface area contributed by atoms with Gasteiger partial charge in [0.1, 0.15) is 5.82 Å². The van der Waals surface area contributed by atoms with Crippen LogP contribution in [0.25, 0.3) is 6.08 Å². The first-order valence-corrected chi connectivity index (χ1v) is 3.84. The molecule has 1 heterocycles. The lowest BCUT2D eigenvalue weighted by Crippen LogP contribution is -1.89. The first-order valence-electron chi connectivity index (χ1n) is 3.84. The molecule has 0 amide bonds. The first-order chi connectivity index (χ1) is 5.15. The lowest BCUT2D eigenvalue weighted by atomic mass is 10.2. The third-order valence-electron chi connectivity index (χ3n) is 1.68. The number of aromatic amines is 1. The van der Waals surface area contributed by atoms with Crippen LogP contribution in [-0.4, -0.2) is 9.97 Å². The predicted molar refractivity (Wildman–Crippen MR) is 47.5 cm³/mol. The third-order valence-corrected chi connectivity index (χ3v) is 1.68. The maximum absolute atomic E-state index is 4.35. The van der Waals surface area contributed by atoms with Gasteiger partial charge in [-0.25, -0.2) is 4.98 Å². The van der Waals surface area contributed by atoms with Crippen molar-refractivity contribution >= 4 is 6.08 Å². The van der Waals surface area contributed by atoms with E-state index in [-0.39, 0.29) is 0 Å². The van der Waals surface area contributed by atoms with Gasteiger partial charge in [-0.1, -0.05) is 20.4 Å². The molecule has 0 bridgehead atoms. The smallest absolute Gasteiger partial charge is 0.109 e. The van der Waals surface area contributed by atoms with E-state index < -0.39 is 0 Å². The highest BCUT2D eigenvalue weighted by Gasteiger charge is 2.05. The molecule has 0 unspecified atom stereocenters. The zero-order chi connectivity index (χ0) is 8.43. The molecular formula is C9H14N2. The van der Waals surface area contributed by atoms with Crippen LogP contribution in [0, 0.1) is 6.92 Å². The van der Waals surface area contributed by atoms with Gasteiger partial charge in [0.05, 0.1) is 5.69 Å². The van der Waals surface area contributed by atoms with Crippen LogP contribution in [0.3, 0.4) is 0 Å². The Kier molecular flexibility index (Phi) is 2.13. The fraction of sp³-hybridized carbons (Fsp3) is 0.444. The highest BCUT2D eigenvalue weighted by atomic mass is 14.9. The molecule has 1 N–H and O–H groups in total. The summed E-state index contributed by atoms with van der Waals surface area (Å²) >= 11 is 0. The van der Waals surface area contributed by atoms with Crippen molar-refractivity contribution in [1.82, 2.24) is 9.97 Å². The van der Waals surface area contributed by atoms with Gasteiger partial charge in [0.2, 0.25) is 0 Å². The van der Waals surface area contributed by atoms with E-state index in [0.29, 0.717) is 5.92 Å². The molecule has 2 nitrogen and oxygen atoms in total. The Hall–Kier alpha value is -1.05. The van der Waals surface area contributed by atoms with Gasteiger partial charge in [-0.05, 0) is 13.0 Å². The average molecular weight is 150 g/mol. The zero-order valence-electron chi connectivity index (χ0n) is 7.31. The topological polar surface area (TPSA) is 28.7 Å². The van der Waals surface area contributed by atoms with Gasteiger partial charge in [0.25, 0.3) is 0 Å². The Balaban J connectivity index is 3.04. The predicted octanol–water partition coefficient (Wildman–Crippen LogP) is 2.48.